The number of furan rings is 1. The van der Waals surface area contributed by atoms with Gasteiger partial charge in [-0.3, -0.25) is 14.4 Å². The third-order valence-corrected chi connectivity index (χ3v) is 5.85. The van der Waals surface area contributed by atoms with Gasteiger partial charge in [-0.05, 0) is 43.0 Å². The molecule has 1 aromatic heterocycles. The average Bonchev–Trinajstić information content (AvgIpc) is 3.41. The molecule has 2 N–H and O–H groups in total. The van der Waals surface area contributed by atoms with Crippen molar-refractivity contribution in [2.45, 2.75) is 19.3 Å². The van der Waals surface area contributed by atoms with Crippen molar-refractivity contribution in [1.29, 1.82) is 0 Å². The molecule has 0 spiro atoms. The van der Waals surface area contributed by atoms with Gasteiger partial charge < -0.3 is 24.5 Å². The number of carbonyl (C=O) groups excluding carboxylic acids is 2. The number of amides is 2. The number of rotatable bonds is 6. The number of benzene rings is 1. The summed E-state index contributed by atoms with van der Waals surface area (Å²) in [6.45, 7) is 0.528. The van der Waals surface area contributed by atoms with Crippen LogP contribution in [0.1, 0.15) is 29.8 Å². The first-order valence-electron chi connectivity index (χ1n) is 9.57. The Bertz CT molecular complexity index is 925. The molecule has 0 unspecified atom stereocenters. The number of carboxylic acid groups (broad SMARTS) is 1. The number of carboxylic acids is 1. The van der Waals surface area contributed by atoms with Crippen LogP contribution in [-0.4, -0.2) is 47.5 Å². The Hall–Kier alpha value is -3.29. The minimum Gasteiger partial charge on any atom is -0.484 e. The van der Waals surface area contributed by atoms with Crippen LogP contribution in [0.25, 0.3) is 0 Å². The molecular formula is C21H22N2O6. The molecule has 2 fully saturated rings. The van der Waals surface area contributed by atoms with Gasteiger partial charge in [0, 0.05) is 24.8 Å². The highest BCUT2D eigenvalue weighted by Gasteiger charge is 2.55. The normalized spacial score (nSPS) is 22.9. The van der Waals surface area contributed by atoms with Crippen molar-refractivity contribution >= 4 is 23.5 Å². The van der Waals surface area contributed by atoms with Gasteiger partial charge in [0.2, 0.25) is 0 Å². The lowest BCUT2D eigenvalue weighted by atomic mass is 9.81. The Labute approximate surface area is 167 Å². The van der Waals surface area contributed by atoms with E-state index in [2.05, 4.69) is 5.32 Å². The highest BCUT2D eigenvalue weighted by Crippen LogP contribution is 2.48. The van der Waals surface area contributed by atoms with Crippen molar-refractivity contribution in [3.05, 3.63) is 48.4 Å². The lowest BCUT2D eigenvalue weighted by molar-refractivity contribution is -0.149. The molecule has 8 heteroatoms. The molecule has 0 bridgehead atoms. The Morgan fingerprint density at radius 3 is 2.86 bits per heavy atom. The van der Waals surface area contributed by atoms with Gasteiger partial charge in [-0.2, -0.15) is 0 Å². The SMILES string of the molecule is O=C(Nc1cccc(OCC(=O)N2C[C@@H]3CCC[C@@]3(C(=O)O)C2)c1)c1ccco1. The number of hydrogen-bond acceptors (Lipinski definition) is 5. The molecule has 29 heavy (non-hydrogen) atoms. The van der Waals surface area contributed by atoms with Gasteiger partial charge in [0.05, 0.1) is 11.7 Å². The zero-order valence-electron chi connectivity index (χ0n) is 15.8. The molecule has 2 aromatic rings. The van der Waals surface area contributed by atoms with Crippen LogP contribution in [0.3, 0.4) is 0 Å². The fourth-order valence-electron chi connectivity index (χ4n) is 4.33. The van der Waals surface area contributed by atoms with Crippen molar-refractivity contribution in [2.24, 2.45) is 11.3 Å². The largest absolute Gasteiger partial charge is 0.484 e. The standard InChI is InChI=1S/C21H22N2O6/c24-18(23-11-14-4-2-8-21(14,13-23)20(26)27)12-29-16-6-1-5-15(10-16)22-19(25)17-7-3-9-28-17/h1,3,5-7,9-10,14H,2,4,8,11-13H2,(H,22,25)(H,26,27)/t14-,21+/m0/s1. The lowest BCUT2D eigenvalue weighted by Crippen LogP contribution is -2.38. The quantitative estimate of drug-likeness (QED) is 0.774. The summed E-state index contributed by atoms with van der Waals surface area (Å²) in [6.07, 6.45) is 3.77. The minimum absolute atomic E-state index is 0.0177. The van der Waals surface area contributed by atoms with Gasteiger partial charge >= 0.3 is 5.97 Å². The summed E-state index contributed by atoms with van der Waals surface area (Å²) < 4.78 is 10.6. The van der Waals surface area contributed by atoms with Crippen molar-refractivity contribution in [3.8, 4) is 5.75 Å². The number of fused-ring (bicyclic) bond motifs is 1. The number of aliphatic carboxylic acids is 1. The number of nitrogens with one attached hydrogen (secondary N) is 1. The Morgan fingerprint density at radius 1 is 1.28 bits per heavy atom. The smallest absolute Gasteiger partial charge is 0.311 e. The number of ether oxygens (including phenoxy) is 1. The third-order valence-electron chi connectivity index (χ3n) is 5.85. The monoisotopic (exact) mass is 398 g/mol. The van der Waals surface area contributed by atoms with E-state index in [1.54, 1.807) is 41.3 Å². The van der Waals surface area contributed by atoms with Gasteiger partial charge in [-0.15, -0.1) is 0 Å². The van der Waals surface area contributed by atoms with E-state index in [-0.39, 0.29) is 36.6 Å². The van der Waals surface area contributed by atoms with E-state index in [1.165, 1.54) is 6.26 Å². The maximum Gasteiger partial charge on any atom is 0.311 e. The molecule has 1 aromatic carbocycles. The van der Waals surface area contributed by atoms with Crippen molar-refractivity contribution in [3.63, 3.8) is 0 Å². The Morgan fingerprint density at radius 2 is 2.14 bits per heavy atom. The summed E-state index contributed by atoms with van der Waals surface area (Å²) in [7, 11) is 0. The van der Waals surface area contributed by atoms with Crippen LogP contribution < -0.4 is 10.1 Å². The van der Waals surface area contributed by atoms with Gasteiger partial charge in [0.1, 0.15) is 5.75 Å². The summed E-state index contributed by atoms with van der Waals surface area (Å²) >= 11 is 0. The minimum atomic E-state index is -0.809. The van der Waals surface area contributed by atoms with E-state index < -0.39 is 11.4 Å². The predicted molar refractivity (Wildman–Crippen MR) is 103 cm³/mol. The van der Waals surface area contributed by atoms with Crippen LogP contribution >= 0.6 is 0 Å². The van der Waals surface area contributed by atoms with Crippen molar-refractivity contribution < 1.29 is 28.6 Å². The van der Waals surface area contributed by atoms with E-state index >= 15 is 0 Å². The number of hydrogen-bond donors (Lipinski definition) is 2. The van der Waals surface area contributed by atoms with Crippen LogP contribution in [0, 0.1) is 11.3 Å². The fraction of sp³-hybridized carbons (Fsp3) is 0.381. The highest BCUT2D eigenvalue weighted by atomic mass is 16.5. The molecule has 2 heterocycles. The summed E-state index contributed by atoms with van der Waals surface area (Å²) in [4.78, 5) is 38.0. The topological polar surface area (TPSA) is 109 Å². The molecule has 152 valence electrons. The zero-order valence-corrected chi connectivity index (χ0v) is 15.8. The first kappa shape index (κ1) is 19.0. The predicted octanol–water partition coefficient (Wildman–Crippen LogP) is 2.62. The van der Waals surface area contributed by atoms with Crippen LogP contribution in [0.5, 0.6) is 5.75 Å². The lowest BCUT2D eigenvalue weighted by Gasteiger charge is -2.23. The average molecular weight is 398 g/mol. The van der Waals surface area contributed by atoms with Gasteiger partial charge in [0.25, 0.3) is 11.8 Å². The first-order valence-corrected chi connectivity index (χ1v) is 9.57. The highest BCUT2D eigenvalue weighted by molar-refractivity contribution is 6.02. The molecule has 1 saturated heterocycles. The molecule has 2 aliphatic rings. The zero-order chi connectivity index (χ0) is 20.4. The number of carbonyl (C=O) groups is 3. The third kappa shape index (κ3) is 3.70. The molecule has 1 aliphatic carbocycles. The summed E-state index contributed by atoms with van der Waals surface area (Å²) in [5.74, 6) is -0.780. The fourth-order valence-corrected chi connectivity index (χ4v) is 4.33. The number of nitrogens with zero attached hydrogens (tertiary/aromatic N) is 1. The molecule has 1 aliphatic heterocycles. The van der Waals surface area contributed by atoms with Crippen LogP contribution in [0.4, 0.5) is 5.69 Å². The van der Waals surface area contributed by atoms with Crippen LogP contribution in [0.15, 0.2) is 47.1 Å². The molecule has 2 amide bonds. The van der Waals surface area contributed by atoms with Crippen LogP contribution in [-0.2, 0) is 9.59 Å². The summed E-state index contributed by atoms with van der Waals surface area (Å²) in [5, 5.41) is 12.3. The van der Waals surface area contributed by atoms with Crippen LogP contribution in [0.2, 0.25) is 0 Å². The van der Waals surface area contributed by atoms with Crippen molar-refractivity contribution in [1.82, 2.24) is 4.90 Å². The Kier molecular flexibility index (Phi) is 5.00. The van der Waals surface area contributed by atoms with Gasteiger partial charge in [-0.1, -0.05) is 12.5 Å². The first-order chi connectivity index (χ1) is 14.0. The number of likely N-dealkylation sites (tertiary alicyclic amines) is 1. The molecule has 2 atom stereocenters. The Balaban J connectivity index is 1.34. The van der Waals surface area contributed by atoms with E-state index in [9.17, 15) is 19.5 Å². The number of anilines is 1. The van der Waals surface area contributed by atoms with E-state index in [0.29, 0.717) is 24.4 Å². The second kappa shape index (κ2) is 7.62. The van der Waals surface area contributed by atoms with Crippen molar-refractivity contribution in [2.75, 3.05) is 25.0 Å². The van der Waals surface area contributed by atoms with Gasteiger partial charge in [-0.25, -0.2) is 0 Å². The van der Waals surface area contributed by atoms with E-state index in [1.807, 2.05) is 0 Å². The summed E-state index contributed by atoms with van der Waals surface area (Å²) in [5.41, 5.74) is -0.289. The van der Waals surface area contributed by atoms with Gasteiger partial charge in [0.15, 0.2) is 12.4 Å². The summed E-state index contributed by atoms with van der Waals surface area (Å²) in [6, 6.07) is 9.90. The second-order valence-electron chi connectivity index (χ2n) is 7.57. The molecule has 1 saturated carbocycles. The molecule has 8 nitrogen and oxygen atoms in total. The molecule has 4 rings (SSSR count). The maximum atomic E-state index is 12.6. The second-order valence-corrected chi connectivity index (χ2v) is 7.57. The molecule has 0 radical (unpaired) electrons. The maximum absolute atomic E-state index is 12.6. The van der Waals surface area contributed by atoms with E-state index in [4.69, 9.17) is 9.15 Å². The van der Waals surface area contributed by atoms with E-state index in [0.717, 1.165) is 12.8 Å². The molecular weight excluding hydrogens is 376 g/mol.